The van der Waals surface area contributed by atoms with Gasteiger partial charge in [-0.15, -0.1) is 0 Å². The Balaban J connectivity index is 1.72. The lowest BCUT2D eigenvalue weighted by atomic mass is 10.2. The van der Waals surface area contributed by atoms with Crippen molar-refractivity contribution in [2.24, 2.45) is 0 Å². The molecule has 0 bridgehead atoms. The Morgan fingerprint density at radius 1 is 1.29 bits per heavy atom. The van der Waals surface area contributed by atoms with Crippen molar-refractivity contribution in [3.05, 3.63) is 70.0 Å². The maximum Gasteiger partial charge on any atom is 0.261 e. The Hall–Kier alpha value is -2.44. The Kier molecular flexibility index (Phi) is 4.78. The number of aromatic nitrogens is 2. The molecule has 124 valence electrons. The van der Waals surface area contributed by atoms with E-state index in [9.17, 15) is 14.3 Å². The maximum atomic E-state index is 13.5. The predicted molar refractivity (Wildman–Crippen MR) is 88.9 cm³/mol. The lowest BCUT2D eigenvalue weighted by Gasteiger charge is -2.14. The summed E-state index contributed by atoms with van der Waals surface area (Å²) in [6.07, 6.45) is 0.349. The summed E-state index contributed by atoms with van der Waals surface area (Å²) in [6.45, 7) is -0.162. The fourth-order valence-electron chi connectivity index (χ4n) is 2.29. The van der Waals surface area contributed by atoms with E-state index in [4.69, 9.17) is 16.3 Å². The van der Waals surface area contributed by atoms with Crippen molar-refractivity contribution in [2.75, 3.05) is 6.61 Å². The molecule has 24 heavy (non-hydrogen) atoms. The smallest absolute Gasteiger partial charge is 0.261 e. The number of nitrogens with zero attached hydrogens (tertiary/aromatic N) is 2. The lowest BCUT2D eigenvalue weighted by molar-refractivity contribution is 0.0895. The number of hydrogen-bond donors (Lipinski definition) is 1. The van der Waals surface area contributed by atoms with Crippen LogP contribution in [0.4, 0.5) is 4.39 Å². The molecule has 5 nitrogen and oxygen atoms in total. The molecule has 1 N–H and O–H groups in total. The summed E-state index contributed by atoms with van der Waals surface area (Å²) in [5, 5.41) is 10.9. The molecule has 1 unspecified atom stereocenters. The normalized spacial score (nSPS) is 12.3. The van der Waals surface area contributed by atoms with Crippen LogP contribution >= 0.6 is 11.6 Å². The zero-order valence-corrected chi connectivity index (χ0v) is 13.3. The summed E-state index contributed by atoms with van der Waals surface area (Å²) in [7, 11) is 0. The van der Waals surface area contributed by atoms with Crippen LogP contribution in [0.3, 0.4) is 0 Å². The van der Waals surface area contributed by atoms with E-state index in [0.29, 0.717) is 15.9 Å². The van der Waals surface area contributed by atoms with Crippen molar-refractivity contribution in [3.63, 3.8) is 0 Å². The van der Waals surface area contributed by atoms with Crippen molar-refractivity contribution >= 4 is 22.5 Å². The molecule has 0 saturated heterocycles. The van der Waals surface area contributed by atoms with Crippen molar-refractivity contribution in [1.29, 1.82) is 0 Å². The lowest BCUT2D eigenvalue weighted by Crippen LogP contribution is -2.30. The van der Waals surface area contributed by atoms with Crippen molar-refractivity contribution in [1.82, 2.24) is 9.55 Å². The quantitative estimate of drug-likeness (QED) is 0.770. The first-order valence-electron chi connectivity index (χ1n) is 7.24. The van der Waals surface area contributed by atoms with Gasteiger partial charge in [-0.2, -0.15) is 0 Å². The Labute approximate surface area is 141 Å². The van der Waals surface area contributed by atoms with E-state index in [2.05, 4.69) is 4.98 Å². The highest BCUT2D eigenvalue weighted by Crippen LogP contribution is 2.16. The predicted octanol–water partition coefficient (Wildman–Crippen LogP) is 2.63. The first kappa shape index (κ1) is 16.4. The first-order valence-corrected chi connectivity index (χ1v) is 7.62. The minimum Gasteiger partial charge on any atom is -0.488 e. The third kappa shape index (κ3) is 3.55. The van der Waals surface area contributed by atoms with E-state index in [1.54, 1.807) is 30.3 Å². The number of halogens is 2. The van der Waals surface area contributed by atoms with E-state index in [1.807, 2.05) is 0 Å². The summed E-state index contributed by atoms with van der Waals surface area (Å²) < 4.78 is 20.0. The number of para-hydroxylation sites is 1. The van der Waals surface area contributed by atoms with Crippen LogP contribution in [0.5, 0.6) is 5.75 Å². The molecule has 3 rings (SSSR count). The fraction of sp³-hybridized carbons (Fsp3) is 0.176. The largest absolute Gasteiger partial charge is 0.488 e. The summed E-state index contributed by atoms with van der Waals surface area (Å²) >= 11 is 5.87. The first-order chi connectivity index (χ1) is 11.5. The minimum atomic E-state index is -0.992. The molecule has 7 heteroatoms. The summed E-state index contributed by atoms with van der Waals surface area (Å²) in [6, 6.07) is 10.7. The van der Waals surface area contributed by atoms with E-state index >= 15 is 0 Å². The van der Waals surface area contributed by atoms with Gasteiger partial charge in [0.1, 0.15) is 12.7 Å². The Morgan fingerprint density at radius 3 is 2.88 bits per heavy atom. The van der Waals surface area contributed by atoms with Crippen molar-refractivity contribution in [2.45, 2.75) is 12.6 Å². The third-order valence-electron chi connectivity index (χ3n) is 3.46. The summed E-state index contributed by atoms with van der Waals surface area (Å²) in [5.41, 5.74) is 0.197. The number of benzene rings is 2. The number of fused-ring (bicyclic) bond motifs is 1. The van der Waals surface area contributed by atoms with E-state index in [0.717, 1.165) is 0 Å². The van der Waals surface area contributed by atoms with Crippen LogP contribution in [-0.2, 0) is 6.54 Å². The van der Waals surface area contributed by atoms with Gasteiger partial charge in [-0.1, -0.05) is 23.7 Å². The molecule has 0 aliphatic carbocycles. The number of hydrogen-bond acceptors (Lipinski definition) is 4. The van der Waals surface area contributed by atoms with Crippen LogP contribution in [0.1, 0.15) is 0 Å². The minimum absolute atomic E-state index is 0.0150. The molecule has 0 aliphatic heterocycles. The van der Waals surface area contributed by atoms with Crippen LogP contribution in [-0.4, -0.2) is 27.4 Å². The van der Waals surface area contributed by atoms with Gasteiger partial charge in [0.05, 0.1) is 23.8 Å². The second-order valence-corrected chi connectivity index (χ2v) is 5.70. The van der Waals surface area contributed by atoms with Crippen molar-refractivity contribution < 1.29 is 14.2 Å². The summed E-state index contributed by atoms with van der Waals surface area (Å²) in [4.78, 5) is 16.5. The average molecular weight is 349 g/mol. The molecular weight excluding hydrogens is 335 g/mol. The zero-order valence-electron chi connectivity index (χ0n) is 12.5. The second-order valence-electron chi connectivity index (χ2n) is 5.26. The van der Waals surface area contributed by atoms with Gasteiger partial charge in [-0.25, -0.2) is 9.37 Å². The topological polar surface area (TPSA) is 64.4 Å². The van der Waals surface area contributed by atoms with Gasteiger partial charge in [-0.05, 0) is 30.3 Å². The molecule has 0 aliphatic rings. The molecule has 0 spiro atoms. The van der Waals surface area contributed by atoms with Gasteiger partial charge >= 0.3 is 0 Å². The molecule has 0 saturated carbocycles. The molecule has 3 aromatic rings. The maximum absolute atomic E-state index is 13.5. The number of rotatable bonds is 5. The highest BCUT2D eigenvalue weighted by Gasteiger charge is 2.11. The second kappa shape index (κ2) is 6.98. The molecule has 0 fully saturated rings. The van der Waals surface area contributed by atoms with Crippen molar-refractivity contribution in [3.8, 4) is 5.75 Å². The van der Waals surface area contributed by atoms with Gasteiger partial charge in [-0.3, -0.25) is 9.36 Å². The molecule has 1 heterocycles. The average Bonchev–Trinajstić information content (AvgIpc) is 2.56. The zero-order chi connectivity index (χ0) is 17.1. The molecule has 0 amide bonds. The molecule has 0 radical (unpaired) electrons. The Morgan fingerprint density at radius 2 is 2.08 bits per heavy atom. The highest BCUT2D eigenvalue weighted by atomic mass is 35.5. The van der Waals surface area contributed by atoms with Gasteiger partial charge in [0.25, 0.3) is 5.56 Å². The molecule has 1 aromatic heterocycles. The van der Waals surface area contributed by atoms with Gasteiger partial charge in [0.15, 0.2) is 11.6 Å². The fourth-order valence-corrected chi connectivity index (χ4v) is 2.46. The molecular formula is C17H14ClFN2O3. The standard InChI is InChI=1S/C17H14ClFN2O3/c18-11-5-6-13-15(7-11)20-10-21(17(13)23)8-12(22)9-24-16-4-2-1-3-14(16)19/h1-7,10,12,22H,8-9H2. The third-order valence-corrected chi connectivity index (χ3v) is 3.70. The number of aliphatic hydroxyl groups excluding tert-OH is 1. The van der Waals surface area contributed by atoms with Crippen LogP contribution < -0.4 is 10.3 Å². The van der Waals surface area contributed by atoms with Crippen LogP contribution in [0.2, 0.25) is 5.02 Å². The van der Waals surface area contributed by atoms with Gasteiger partial charge in [0.2, 0.25) is 0 Å². The SMILES string of the molecule is O=c1c2ccc(Cl)cc2ncn1CC(O)COc1ccccc1F. The van der Waals surface area contributed by atoms with Gasteiger partial charge in [0, 0.05) is 5.02 Å². The number of ether oxygens (including phenoxy) is 1. The van der Waals surface area contributed by atoms with Crippen LogP contribution in [0.25, 0.3) is 10.9 Å². The van der Waals surface area contributed by atoms with E-state index in [-0.39, 0.29) is 24.5 Å². The molecule has 1 atom stereocenters. The Bertz CT molecular complexity index is 929. The monoisotopic (exact) mass is 348 g/mol. The van der Waals surface area contributed by atoms with Crippen LogP contribution in [0.15, 0.2) is 53.6 Å². The molecule has 2 aromatic carbocycles. The highest BCUT2D eigenvalue weighted by molar-refractivity contribution is 6.31. The number of aliphatic hydroxyl groups is 1. The summed E-state index contributed by atoms with van der Waals surface area (Å²) in [5.74, 6) is -0.457. The van der Waals surface area contributed by atoms with E-state index < -0.39 is 11.9 Å². The van der Waals surface area contributed by atoms with Gasteiger partial charge < -0.3 is 9.84 Å². The van der Waals surface area contributed by atoms with Crippen LogP contribution in [0, 0.1) is 5.82 Å². The van der Waals surface area contributed by atoms with E-state index in [1.165, 1.54) is 23.0 Å².